The highest BCUT2D eigenvalue weighted by Gasteiger charge is 2.15. The van der Waals surface area contributed by atoms with Crippen molar-refractivity contribution >= 4 is 40.7 Å². The van der Waals surface area contributed by atoms with Gasteiger partial charge in [0.15, 0.2) is 5.96 Å². The maximum Gasteiger partial charge on any atom is 0.190 e. The Hall–Kier alpha value is -1.38. The first-order valence-corrected chi connectivity index (χ1v) is 9.93. The minimum Gasteiger partial charge on any atom is -0.381 e. The van der Waals surface area contributed by atoms with Gasteiger partial charge in [-0.25, -0.2) is 0 Å². The predicted octanol–water partition coefficient (Wildman–Crippen LogP) is 3.61. The van der Waals surface area contributed by atoms with Crippen LogP contribution in [0.25, 0.3) is 10.8 Å². The van der Waals surface area contributed by atoms with Crippen LogP contribution < -0.4 is 10.6 Å². The van der Waals surface area contributed by atoms with Gasteiger partial charge in [0.1, 0.15) is 0 Å². The van der Waals surface area contributed by atoms with Crippen LogP contribution in [0.15, 0.2) is 47.5 Å². The highest BCUT2D eigenvalue weighted by Crippen LogP contribution is 2.15. The van der Waals surface area contributed by atoms with Crippen LogP contribution in [-0.4, -0.2) is 52.5 Å². The lowest BCUT2D eigenvalue weighted by Crippen LogP contribution is -2.39. The number of benzene rings is 2. The third-order valence-corrected chi connectivity index (χ3v) is 4.88. The largest absolute Gasteiger partial charge is 0.381 e. The van der Waals surface area contributed by atoms with E-state index in [9.17, 15) is 0 Å². The first kappa shape index (κ1) is 22.9. The molecule has 0 amide bonds. The molecule has 5 nitrogen and oxygen atoms in total. The summed E-state index contributed by atoms with van der Waals surface area (Å²) in [7, 11) is 1.81. The van der Waals surface area contributed by atoms with Crippen LogP contribution in [-0.2, 0) is 15.9 Å². The summed E-state index contributed by atoms with van der Waals surface area (Å²) < 4.78 is 11.1. The standard InChI is InChI=1S/C22H31N3O2.HI/c1-23-22(24-11-4-13-26-16-19-10-14-27-17-19)25-12-9-18-7-8-20-5-2-3-6-21(20)15-18;/h2-3,5-8,15,19H,4,9-14,16-17H2,1H3,(H2,23,24,25);1H. The fourth-order valence-corrected chi connectivity index (χ4v) is 3.29. The molecule has 2 N–H and O–H groups in total. The van der Waals surface area contributed by atoms with Gasteiger partial charge >= 0.3 is 0 Å². The average molecular weight is 497 g/mol. The Morgan fingerprint density at radius 3 is 2.75 bits per heavy atom. The average Bonchev–Trinajstić information content (AvgIpc) is 3.22. The van der Waals surface area contributed by atoms with Crippen LogP contribution >= 0.6 is 24.0 Å². The zero-order chi connectivity index (χ0) is 18.7. The Morgan fingerprint density at radius 2 is 1.96 bits per heavy atom. The zero-order valence-corrected chi connectivity index (χ0v) is 19.0. The van der Waals surface area contributed by atoms with E-state index in [1.165, 1.54) is 16.3 Å². The Morgan fingerprint density at radius 1 is 1.14 bits per heavy atom. The van der Waals surface area contributed by atoms with Gasteiger partial charge < -0.3 is 20.1 Å². The summed E-state index contributed by atoms with van der Waals surface area (Å²) in [5.41, 5.74) is 1.33. The number of halogens is 1. The number of hydrogen-bond acceptors (Lipinski definition) is 3. The van der Waals surface area contributed by atoms with E-state index in [2.05, 4.69) is 58.1 Å². The van der Waals surface area contributed by atoms with Gasteiger partial charge in [-0.1, -0.05) is 42.5 Å². The van der Waals surface area contributed by atoms with E-state index in [0.717, 1.165) is 64.7 Å². The normalized spacial score (nSPS) is 16.8. The second kappa shape index (κ2) is 13.0. The molecule has 6 heteroatoms. The number of rotatable bonds is 9. The summed E-state index contributed by atoms with van der Waals surface area (Å²) in [5, 5.41) is 9.31. The topological polar surface area (TPSA) is 54.9 Å². The van der Waals surface area contributed by atoms with E-state index in [4.69, 9.17) is 9.47 Å². The predicted molar refractivity (Wildman–Crippen MR) is 127 cm³/mol. The lowest BCUT2D eigenvalue weighted by molar-refractivity contribution is 0.0888. The van der Waals surface area contributed by atoms with Gasteiger partial charge in [-0.2, -0.15) is 0 Å². The first-order valence-electron chi connectivity index (χ1n) is 9.93. The third kappa shape index (κ3) is 7.56. The van der Waals surface area contributed by atoms with Gasteiger partial charge in [0.05, 0.1) is 13.2 Å². The summed E-state index contributed by atoms with van der Waals surface area (Å²) in [6, 6.07) is 15.1. The van der Waals surface area contributed by atoms with E-state index < -0.39 is 0 Å². The molecule has 154 valence electrons. The molecule has 1 atom stereocenters. The molecule has 0 spiro atoms. The number of ether oxygens (including phenoxy) is 2. The second-order valence-corrected chi connectivity index (χ2v) is 7.02. The first-order chi connectivity index (χ1) is 13.3. The molecular formula is C22H32IN3O2. The fourth-order valence-electron chi connectivity index (χ4n) is 3.29. The molecule has 1 aliphatic rings. The van der Waals surface area contributed by atoms with Gasteiger partial charge in [-0.3, -0.25) is 4.99 Å². The van der Waals surface area contributed by atoms with E-state index in [1.54, 1.807) is 0 Å². The molecule has 1 unspecified atom stereocenters. The molecule has 1 heterocycles. The minimum absolute atomic E-state index is 0. The van der Waals surface area contributed by atoms with E-state index in [1.807, 2.05) is 7.05 Å². The quantitative estimate of drug-likeness (QED) is 0.241. The van der Waals surface area contributed by atoms with Gasteiger partial charge in [-0.05, 0) is 35.6 Å². The number of fused-ring (bicyclic) bond motifs is 1. The molecule has 0 saturated carbocycles. The molecule has 3 rings (SSSR count). The lowest BCUT2D eigenvalue weighted by atomic mass is 10.1. The fraction of sp³-hybridized carbons (Fsp3) is 0.500. The third-order valence-electron chi connectivity index (χ3n) is 4.88. The molecule has 0 radical (unpaired) electrons. The highest BCUT2D eigenvalue weighted by atomic mass is 127. The van der Waals surface area contributed by atoms with Crippen molar-refractivity contribution in [1.29, 1.82) is 0 Å². The van der Waals surface area contributed by atoms with Crippen molar-refractivity contribution in [3.8, 4) is 0 Å². The molecule has 0 bridgehead atoms. The summed E-state index contributed by atoms with van der Waals surface area (Å²) >= 11 is 0. The second-order valence-electron chi connectivity index (χ2n) is 7.02. The summed E-state index contributed by atoms with van der Waals surface area (Å²) in [5.74, 6) is 1.43. The van der Waals surface area contributed by atoms with Gasteiger partial charge in [0.2, 0.25) is 0 Å². The molecule has 1 aliphatic heterocycles. The number of guanidine groups is 1. The summed E-state index contributed by atoms with van der Waals surface area (Å²) in [4.78, 5) is 4.29. The highest BCUT2D eigenvalue weighted by molar-refractivity contribution is 14.0. The Bertz CT molecular complexity index is 733. The molecule has 1 fully saturated rings. The summed E-state index contributed by atoms with van der Waals surface area (Å²) in [6.07, 6.45) is 3.07. The van der Waals surface area contributed by atoms with Crippen molar-refractivity contribution in [3.05, 3.63) is 48.0 Å². The van der Waals surface area contributed by atoms with Gasteiger partial charge in [-0.15, -0.1) is 24.0 Å². The molecule has 1 saturated heterocycles. The van der Waals surface area contributed by atoms with E-state index >= 15 is 0 Å². The van der Waals surface area contributed by atoms with E-state index in [0.29, 0.717) is 5.92 Å². The SMILES string of the molecule is CN=C(NCCCOCC1CCOC1)NCCc1ccc2ccccc2c1.I. The Kier molecular flexibility index (Phi) is 10.6. The van der Waals surface area contributed by atoms with Crippen LogP contribution in [0.1, 0.15) is 18.4 Å². The maximum absolute atomic E-state index is 5.73. The number of hydrogen-bond donors (Lipinski definition) is 2. The molecule has 2 aromatic rings. The van der Waals surface area contributed by atoms with Crippen molar-refractivity contribution < 1.29 is 9.47 Å². The maximum atomic E-state index is 5.73. The van der Waals surface area contributed by atoms with E-state index in [-0.39, 0.29) is 24.0 Å². The molecule has 0 aromatic heterocycles. The smallest absolute Gasteiger partial charge is 0.190 e. The monoisotopic (exact) mass is 497 g/mol. The zero-order valence-electron chi connectivity index (χ0n) is 16.7. The molecular weight excluding hydrogens is 465 g/mol. The van der Waals surface area contributed by atoms with Crippen molar-refractivity contribution in [2.75, 3.05) is 46.6 Å². The molecule has 28 heavy (non-hydrogen) atoms. The van der Waals surface area contributed by atoms with Crippen LogP contribution in [0.3, 0.4) is 0 Å². The number of nitrogens with one attached hydrogen (secondary N) is 2. The van der Waals surface area contributed by atoms with Crippen LogP contribution in [0.4, 0.5) is 0 Å². The number of aliphatic imine (C=N–C) groups is 1. The van der Waals surface area contributed by atoms with Crippen molar-refractivity contribution in [2.24, 2.45) is 10.9 Å². The number of nitrogens with zero attached hydrogens (tertiary/aromatic N) is 1. The van der Waals surface area contributed by atoms with Crippen LogP contribution in [0, 0.1) is 5.92 Å². The molecule has 2 aromatic carbocycles. The summed E-state index contributed by atoms with van der Waals surface area (Å²) in [6.45, 7) is 5.05. The van der Waals surface area contributed by atoms with Crippen LogP contribution in [0.2, 0.25) is 0 Å². The lowest BCUT2D eigenvalue weighted by Gasteiger charge is -2.13. The molecule has 0 aliphatic carbocycles. The Labute approximate surface area is 185 Å². The van der Waals surface area contributed by atoms with Gasteiger partial charge in [0, 0.05) is 39.3 Å². The Balaban J connectivity index is 0.00000280. The minimum atomic E-state index is 0. The van der Waals surface area contributed by atoms with Crippen LogP contribution in [0.5, 0.6) is 0 Å². The van der Waals surface area contributed by atoms with Crippen molar-refractivity contribution in [1.82, 2.24) is 10.6 Å². The van der Waals surface area contributed by atoms with Crippen molar-refractivity contribution in [3.63, 3.8) is 0 Å². The van der Waals surface area contributed by atoms with Gasteiger partial charge in [0.25, 0.3) is 0 Å². The van der Waals surface area contributed by atoms with Crippen molar-refractivity contribution in [2.45, 2.75) is 19.3 Å².